The van der Waals surface area contributed by atoms with E-state index in [4.69, 9.17) is 16.2 Å². The Bertz CT molecular complexity index is 1030. The van der Waals surface area contributed by atoms with Crippen LogP contribution in [0.3, 0.4) is 0 Å². The molecule has 0 aromatic carbocycles. The second-order valence-corrected chi connectivity index (χ2v) is 11.4. The van der Waals surface area contributed by atoms with E-state index in [1.54, 1.807) is 0 Å². The SMILES string of the molecule is CC12CCC(OC(=O)C(N)CC(N)=O)CC1=CCC1C2CCC2(C)C(c3cccnc3)=CCC12. The number of rotatable bonds is 5. The number of allylic oxidation sites excluding steroid dienone is 3. The van der Waals surface area contributed by atoms with Gasteiger partial charge in [-0.2, -0.15) is 0 Å². The number of nitrogens with two attached hydrogens (primary N) is 2. The van der Waals surface area contributed by atoms with Gasteiger partial charge < -0.3 is 16.2 Å². The highest BCUT2D eigenvalue weighted by molar-refractivity contribution is 5.84. The molecule has 1 aromatic heterocycles. The monoisotopic (exact) mass is 463 g/mol. The van der Waals surface area contributed by atoms with Crippen LogP contribution in [0.25, 0.3) is 5.57 Å². The van der Waals surface area contributed by atoms with E-state index < -0.39 is 17.9 Å². The highest BCUT2D eigenvalue weighted by atomic mass is 16.5. The van der Waals surface area contributed by atoms with Gasteiger partial charge >= 0.3 is 5.97 Å². The van der Waals surface area contributed by atoms with E-state index in [2.05, 4.69) is 37.0 Å². The summed E-state index contributed by atoms with van der Waals surface area (Å²) in [5.74, 6) is 0.912. The molecule has 4 aliphatic carbocycles. The summed E-state index contributed by atoms with van der Waals surface area (Å²) < 4.78 is 5.71. The summed E-state index contributed by atoms with van der Waals surface area (Å²) in [6.45, 7) is 4.92. The fourth-order valence-corrected chi connectivity index (χ4v) is 7.82. The standard InChI is InChI=1S/C28H37N3O3/c1-27-11-9-19(34-26(33)24(29)15-25(30)32)14-18(27)5-6-20-22-8-7-21(17-4-3-13-31-16-17)28(22,2)12-10-23(20)27/h3-5,7,13,16,19-20,22-24H,6,8-12,14-15,29H2,1-2H3,(H2,30,32). The molecule has 4 aliphatic rings. The molecule has 6 nitrogen and oxygen atoms in total. The number of pyridine rings is 1. The van der Waals surface area contributed by atoms with Crippen molar-refractivity contribution in [2.45, 2.75) is 77.4 Å². The van der Waals surface area contributed by atoms with E-state index in [1.165, 1.54) is 29.6 Å². The summed E-state index contributed by atoms with van der Waals surface area (Å²) >= 11 is 0. The normalized spacial score (nSPS) is 37.4. The first-order valence-electron chi connectivity index (χ1n) is 12.8. The minimum absolute atomic E-state index is 0.165. The zero-order chi connectivity index (χ0) is 24.1. The van der Waals surface area contributed by atoms with E-state index in [1.807, 2.05) is 18.5 Å². The van der Waals surface area contributed by atoms with Gasteiger partial charge in [0.2, 0.25) is 5.91 Å². The average Bonchev–Trinajstić information content (AvgIpc) is 3.16. The molecule has 2 fully saturated rings. The Morgan fingerprint density at radius 2 is 1.94 bits per heavy atom. The first kappa shape index (κ1) is 23.3. The molecule has 7 atom stereocenters. The van der Waals surface area contributed by atoms with Crippen LogP contribution in [0.1, 0.15) is 70.8 Å². The molecule has 1 aromatic rings. The van der Waals surface area contributed by atoms with Crippen molar-refractivity contribution < 1.29 is 14.3 Å². The number of nitrogens with zero attached hydrogens (tertiary/aromatic N) is 1. The first-order chi connectivity index (χ1) is 16.2. The molecule has 0 bridgehead atoms. The van der Waals surface area contributed by atoms with Crippen molar-refractivity contribution in [2.24, 2.45) is 40.1 Å². The summed E-state index contributed by atoms with van der Waals surface area (Å²) in [4.78, 5) is 27.8. The van der Waals surface area contributed by atoms with Crippen LogP contribution in [-0.4, -0.2) is 29.0 Å². The highest BCUT2D eigenvalue weighted by Gasteiger charge is 2.57. The smallest absolute Gasteiger partial charge is 0.323 e. The molecule has 1 heterocycles. The lowest BCUT2D eigenvalue weighted by atomic mass is 9.47. The van der Waals surface area contributed by atoms with Crippen LogP contribution < -0.4 is 11.5 Å². The minimum atomic E-state index is -0.976. The first-order valence-corrected chi connectivity index (χ1v) is 12.8. The van der Waals surface area contributed by atoms with Crippen molar-refractivity contribution in [3.63, 3.8) is 0 Å². The number of hydrogen-bond donors (Lipinski definition) is 2. The summed E-state index contributed by atoms with van der Waals surface area (Å²) in [5.41, 5.74) is 15.6. The summed E-state index contributed by atoms with van der Waals surface area (Å²) in [5, 5.41) is 0. The molecule has 5 rings (SSSR count). The number of esters is 1. The Hall–Kier alpha value is -2.47. The van der Waals surface area contributed by atoms with Crippen molar-refractivity contribution in [2.75, 3.05) is 0 Å². The zero-order valence-corrected chi connectivity index (χ0v) is 20.3. The van der Waals surface area contributed by atoms with Crippen LogP contribution in [0.15, 0.2) is 42.3 Å². The average molecular weight is 464 g/mol. The number of carbonyl (C=O) groups excluding carboxylic acids is 2. The van der Waals surface area contributed by atoms with E-state index in [0.717, 1.165) is 32.1 Å². The predicted molar refractivity (Wildman–Crippen MR) is 131 cm³/mol. The third-order valence-corrected chi connectivity index (χ3v) is 9.62. The van der Waals surface area contributed by atoms with Crippen LogP contribution in [0, 0.1) is 28.6 Å². The fourth-order valence-electron chi connectivity index (χ4n) is 7.82. The van der Waals surface area contributed by atoms with Crippen molar-refractivity contribution >= 4 is 17.4 Å². The van der Waals surface area contributed by atoms with E-state index >= 15 is 0 Å². The molecule has 7 unspecified atom stereocenters. The number of amides is 1. The van der Waals surface area contributed by atoms with E-state index in [0.29, 0.717) is 17.8 Å². The Morgan fingerprint density at radius 1 is 1.15 bits per heavy atom. The van der Waals surface area contributed by atoms with Crippen molar-refractivity contribution in [3.8, 4) is 0 Å². The summed E-state index contributed by atoms with van der Waals surface area (Å²) in [6.07, 6.45) is 15.8. The third kappa shape index (κ3) is 3.80. The zero-order valence-electron chi connectivity index (χ0n) is 20.3. The molecule has 0 spiro atoms. The maximum absolute atomic E-state index is 12.3. The molecule has 1 amide bonds. The Balaban J connectivity index is 1.31. The van der Waals surface area contributed by atoms with Gasteiger partial charge in [-0.15, -0.1) is 0 Å². The van der Waals surface area contributed by atoms with Gasteiger partial charge in [0.25, 0.3) is 0 Å². The molecular weight excluding hydrogens is 426 g/mol. The van der Waals surface area contributed by atoms with Gasteiger partial charge in [0, 0.05) is 18.8 Å². The quantitative estimate of drug-likeness (QED) is 0.504. The van der Waals surface area contributed by atoms with Crippen LogP contribution in [0.4, 0.5) is 0 Å². The Labute approximate surface area is 202 Å². The fraction of sp³-hybridized carbons (Fsp3) is 0.607. The topological polar surface area (TPSA) is 108 Å². The van der Waals surface area contributed by atoms with Crippen molar-refractivity contribution in [1.29, 1.82) is 0 Å². The number of aromatic nitrogens is 1. The number of carbonyl (C=O) groups is 2. The van der Waals surface area contributed by atoms with Crippen LogP contribution in [0.2, 0.25) is 0 Å². The second-order valence-electron chi connectivity index (χ2n) is 11.4. The maximum Gasteiger partial charge on any atom is 0.323 e. The molecule has 6 heteroatoms. The van der Waals surface area contributed by atoms with Gasteiger partial charge in [0.05, 0.1) is 6.42 Å². The predicted octanol–water partition coefficient (Wildman–Crippen LogP) is 4.15. The van der Waals surface area contributed by atoms with Gasteiger partial charge in [-0.05, 0) is 84.3 Å². The Kier molecular flexibility index (Phi) is 5.91. The van der Waals surface area contributed by atoms with Crippen LogP contribution in [-0.2, 0) is 14.3 Å². The lowest BCUT2D eigenvalue weighted by Crippen LogP contribution is -2.50. The van der Waals surface area contributed by atoms with E-state index in [-0.39, 0.29) is 23.4 Å². The number of fused-ring (bicyclic) bond motifs is 5. The summed E-state index contributed by atoms with van der Waals surface area (Å²) in [7, 11) is 0. The van der Waals surface area contributed by atoms with Gasteiger partial charge in [0.1, 0.15) is 12.1 Å². The van der Waals surface area contributed by atoms with Gasteiger partial charge in [0.15, 0.2) is 0 Å². The van der Waals surface area contributed by atoms with Crippen molar-refractivity contribution in [1.82, 2.24) is 4.98 Å². The van der Waals surface area contributed by atoms with Gasteiger partial charge in [-0.3, -0.25) is 14.6 Å². The van der Waals surface area contributed by atoms with E-state index in [9.17, 15) is 9.59 Å². The van der Waals surface area contributed by atoms with Crippen molar-refractivity contribution in [3.05, 3.63) is 47.8 Å². The van der Waals surface area contributed by atoms with Crippen LogP contribution >= 0.6 is 0 Å². The molecule has 0 aliphatic heterocycles. The third-order valence-electron chi connectivity index (χ3n) is 9.62. The van der Waals surface area contributed by atoms with Gasteiger partial charge in [-0.1, -0.05) is 37.6 Å². The van der Waals surface area contributed by atoms with Crippen LogP contribution in [0.5, 0.6) is 0 Å². The number of hydrogen-bond acceptors (Lipinski definition) is 5. The molecule has 0 radical (unpaired) electrons. The lowest BCUT2D eigenvalue weighted by molar-refractivity contribution is -0.154. The molecule has 182 valence electrons. The second kappa shape index (κ2) is 8.63. The summed E-state index contributed by atoms with van der Waals surface area (Å²) in [6, 6.07) is 3.27. The number of primary amides is 1. The maximum atomic E-state index is 12.3. The molecule has 2 saturated carbocycles. The number of ether oxygens (including phenoxy) is 1. The Morgan fingerprint density at radius 3 is 2.68 bits per heavy atom. The highest BCUT2D eigenvalue weighted by Crippen LogP contribution is 2.66. The minimum Gasteiger partial charge on any atom is -0.461 e. The molecule has 0 saturated heterocycles. The largest absolute Gasteiger partial charge is 0.461 e. The van der Waals surface area contributed by atoms with Gasteiger partial charge in [-0.25, -0.2) is 0 Å². The molecule has 4 N–H and O–H groups in total. The molecular formula is C28H37N3O3. The lowest BCUT2D eigenvalue weighted by Gasteiger charge is -2.57. The molecule has 34 heavy (non-hydrogen) atoms.